The van der Waals surface area contributed by atoms with Gasteiger partial charge in [0, 0.05) is 6.04 Å². The lowest BCUT2D eigenvalue weighted by Gasteiger charge is -2.25. The quantitative estimate of drug-likeness (QED) is 0.610. The third-order valence-corrected chi connectivity index (χ3v) is 6.00. The molecule has 2 aromatic rings. The molecule has 4 nitrogen and oxygen atoms in total. The van der Waals surface area contributed by atoms with Crippen molar-refractivity contribution in [3.05, 3.63) is 53.1 Å². The van der Waals surface area contributed by atoms with Crippen LogP contribution < -0.4 is 9.04 Å². The van der Waals surface area contributed by atoms with Gasteiger partial charge in [-0.15, -0.1) is 0 Å². The molecule has 0 saturated carbocycles. The molecule has 0 amide bonds. The molecule has 1 aliphatic heterocycles. The summed E-state index contributed by atoms with van der Waals surface area (Å²) in [6.07, 6.45) is 0.305. The summed E-state index contributed by atoms with van der Waals surface area (Å²) in [5.41, 5.74) is 0.860. The minimum atomic E-state index is -4.88. The molecule has 0 aromatic heterocycles. The van der Waals surface area contributed by atoms with Crippen LogP contribution in [-0.2, 0) is 16.4 Å². The van der Waals surface area contributed by atoms with E-state index in [0.29, 0.717) is 12.0 Å². The molecule has 9 heteroatoms. The van der Waals surface area contributed by atoms with E-state index in [-0.39, 0.29) is 5.69 Å². The van der Waals surface area contributed by atoms with Gasteiger partial charge in [-0.25, -0.2) is 17.2 Å². The molecular formula is C16H13F4NO3S. The fourth-order valence-electron chi connectivity index (χ4n) is 3.00. The van der Waals surface area contributed by atoms with E-state index in [9.17, 15) is 26.0 Å². The number of para-hydroxylation sites is 1. The molecule has 134 valence electrons. The van der Waals surface area contributed by atoms with E-state index in [1.54, 1.807) is 18.2 Å². The molecule has 0 aliphatic carbocycles. The van der Waals surface area contributed by atoms with E-state index in [1.165, 1.54) is 13.0 Å². The minimum Gasteiger partial charge on any atom is -0.491 e. The molecule has 0 spiro atoms. The minimum absolute atomic E-state index is 0.213. The van der Waals surface area contributed by atoms with E-state index < -0.39 is 50.0 Å². The van der Waals surface area contributed by atoms with Crippen molar-refractivity contribution in [2.24, 2.45) is 0 Å². The number of nitrogens with zero attached hydrogens (tertiary/aromatic N) is 1. The van der Waals surface area contributed by atoms with Crippen LogP contribution in [0, 0.1) is 23.3 Å². The third kappa shape index (κ3) is 2.45. The maximum Gasteiger partial charge on any atom is 0.270 e. The summed E-state index contributed by atoms with van der Waals surface area (Å²) in [6.45, 7) is 1.53. The smallest absolute Gasteiger partial charge is 0.270 e. The second kappa shape index (κ2) is 5.91. The van der Waals surface area contributed by atoms with Crippen LogP contribution in [0.2, 0.25) is 0 Å². The van der Waals surface area contributed by atoms with Crippen molar-refractivity contribution >= 4 is 15.7 Å². The van der Waals surface area contributed by atoms with Gasteiger partial charge in [-0.1, -0.05) is 18.2 Å². The van der Waals surface area contributed by atoms with Crippen LogP contribution in [0.25, 0.3) is 0 Å². The molecule has 2 aromatic carbocycles. The van der Waals surface area contributed by atoms with E-state index in [2.05, 4.69) is 4.74 Å². The van der Waals surface area contributed by atoms with Gasteiger partial charge in [-0.2, -0.15) is 8.78 Å². The molecule has 1 atom stereocenters. The number of ether oxygens (including phenoxy) is 1. The summed E-state index contributed by atoms with van der Waals surface area (Å²) in [5.74, 6) is -9.16. The van der Waals surface area contributed by atoms with E-state index in [4.69, 9.17) is 0 Å². The van der Waals surface area contributed by atoms with Gasteiger partial charge in [0.1, 0.15) is 0 Å². The predicted octanol–water partition coefficient (Wildman–Crippen LogP) is 3.39. The van der Waals surface area contributed by atoms with Crippen LogP contribution in [-0.4, -0.2) is 21.6 Å². The van der Waals surface area contributed by atoms with Crippen molar-refractivity contribution < 1.29 is 30.7 Å². The zero-order valence-corrected chi connectivity index (χ0v) is 14.0. The van der Waals surface area contributed by atoms with Gasteiger partial charge in [0.2, 0.25) is 11.6 Å². The summed E-state index contributed by atoms with van der Waals surface area (Å²) in [6, 6.07) is 5.71. The Hall–Kier alpha value is -2.29. The lowest BCUT2D eigenvalue weighted by Crippen LogP contribution is -2.37. The summed E-state index contributed by atoms with van der Waals surface area (Å²) in [5, 5.41) is 0. The first kappa shape index (κ1) is 17.5. The average molecular weight is 375 g/mol. The number of methoxy groups -OCH3 is 1. The highest BCUT2D eigenvalue weighted by Crippen LogP contribution is 2.40. The number of benzene rings is 2. The molecular weight excluding hydrogens is 362 g/mol. The molecule has 0 saturated heterocycles. The van der Waals surface area contributed by atoms with Gasteiger partial charge >= 0.3 is 0 Å². The second-order valence-corrected chi connectivity index (χ2v) is 7.35. The number of rotatable bonds is 3. The molecule has 0 fully saturated rings. The van der Waals surface area contributed by atoms with Crippen LogP contribution in [0.4, 0.5) is 23.2 Å². The second-order valence-electron chi connectivity index (χ2n) is 5.60. The number of hydrogen-bond donors (Lipinski definition) is 0. The summed E-state index contributed by atoms with van der Waals surface area (Å²) in [4.78, 5) is -1.67. The van der Waals surface area contributed by atoms with Crippen molar-refractivity contribution in [3.8, 4) is 5.75 Å². The first-order valence-corrected chi connectivity index (χ1v) is 8.68. The number of hydrogen-bond acceptors (Lipinski definition) is 3. The third-order valence-electron chi connectivity index (χ3n) is 4.05. The molecule has 1 aliphatic rings. The highest BCUT2D eigenvalue weighted by molar-refractivity contribution is 7.93. The van der Waals surface area contributed by atoms with Crippen LogP contribution in [0.3, 0.4) is 0 Å². The Morgan fingerprint density at radius 1 is 1.04 bits per heavy atom. The molecule has 0 bridgehead atoms. The zero-order valence-electron chi connectivity index (χ0n) is 13.2. The SMILES string of the molecule is COc1c(F)c(F)c(S(=O)(=O)N2c3ccccc3CC2C)c(F)c1F. The van der Waals surface area contributed by atoms with Crippen LogP contribution in [0.5, 0.6) is 5.75 Å². The molecule has 1 unspecified atom stereocenters. The number of sulfonamides is 1. The Bertz CT molecular complexity index is 933. The van der Waals surface area contributed by atoms with Gasteiger partial charge in [0.05, 0.1) is 12.8 Å². The van der Waals surface area contributed by atoms with Crippen molar-refractivity contribution in [1.82, 2.24) is 0 Å². The maximum atomic E-state index is 14.3. The molecule has 3 rings (SSSR count). The lowest BCUT2D eigenvalue weighted by molar-refractivity contribution is 0.322. The van der Waals surface area contributed by atoms with Crippen molar-refractivity contribution in [3.63, 3.8) is 0 Å². The van der Waals surface area contributed by atoms with Crippen LogP contribution in [0.15, 0.2) is 29.2 Å². The van der Waals surface area contributed by atoms with Crippen molar-refractivity contribution in [2.45, 2.75) is 24.3 Å². The Balaban J connectivity index is 2.27. The first-order chi connectivity index (χ1) is 11.7. The molecule has 1 heterocycles. The van der Waals surface area contributed by atoms with Gasteiger partial charge in [-0.05, 0) is 25.0 Å². The predicted molar refractivity (Wildman–Crippen MR) is 82.1 cm³/mol. The Labute approximate surface area is 141 Å². The topological polar surface area (TPSA) is 46.6 Å². The number of anilines is 1. The van der Waals surface area contributed by atoms with Gasteiger partial charge in [0.15, 0.2) is 22.3 Å². The normalized spacial score (nSPS) is 16.9. The maximum absolute atomic E-state index is 14.3. The Kier molecular flexibility index (Phi) is 4.14. The molecule has 25 heavy (non-hydrogen) atoms. The van der Waals surface area contributed by atoms with Crippen LogP contribution >= 0.6 is 0 Å². The zero-order chi connectivity index (χ0) is 18.5. The average Bonchev–Trinajstić information content (AvgIpc) is 2.90. The number of halogens is 4. The fourth-order valence-corrected chi connectivity index (χ4v) is 4.81. The fraction of sp³-hybridized carbons (Fsp3) is 0.250. The largest absolute Gasteiger partial charge is 0.491 e. The first-order valence-electron chi connectivity index (χ1n) is 7.24. The molecule has 0 N–H and O–H groups in total. The highest BCUT2D eigenvalue weighted by atomic mass is 32.2. The number of fused-ring (bicyclic) bond motifs is 1. The van der Waals surface area contributed by atoms with Gasteiger partial charge in [-0.3, -0.25) is 4.31 Å². The van der Waals surface area contributed by atoms with E-state index >= 15 is 0 Å². The van der Waals surface area contributed by atoms with Gasteiger partial charge < -0.3 is 4.74 Å². The standard InChI is InChI=1S/C16H13F4NO3S/c1-8-7-9-5-3-4-6-10(9)21(8)25(22,23)16-13(19)11(17)15(24-2)12(18)14(16)20/h3-6,8H,7H2,1-2H3. The van der Waals surface area contributed by atoms with Gasteiger partial charge in [0.25, 0.3) is 10.0 Å². The lowest BCUT2D eigenvalue weighted by atomic mass is 10.1. The van der Waals surface area contributed by atoms with Crippen molar-refractivity contribution in [1.29, 1.82) is 0 Å². The summed E-state index contributed by atoms with van der Waals surface area (Å²) < 4.78 is 87.1. The van der Waals surface area contributed by atoms with Crippen molar-refractivity contribution in [2.75, 3.05) is 11.4 Å². The van der Waals surface area contributed by atoms with E-state index in [1.807, 2.05) is 0 Å². The van der Waals surface area contributed by atoms with E-state index in [0.717, 1.165) is 11.4 Å². The monoisotopic (exact) mass is 375 g/mol. The summed E-state index contributed by atoms with van der Waals surface area (Å²) >= 11 is 0. The highest BCUT2D eigenvalue weighted by Gasteiger charge is 2.42. The Morgan fingerprint density at radius 2 is 1.60 bits per heavy atom. The Morgan fingerprint density at radius 3 is 2.16 bits per heavy atom. The molecule has 0 radical (unpaired) electrons. The summed E-state index contributed by atoms with van der Waals surface area (Å²) in [7, 11) is -4.07. The van der Waals surface area contributed by atoms with Crippen LogP contribution in [0.1, 0.15) is 12.5 Å².